The molecular formula is C5H13ClO3S. The lowest BCUT2D eigenvalue weighted by Crippen LogP contribution is -2.17. The smallest absolute Gasteiger partial charge is 0.267 e. The second-order valence-electron chi connectivity index (χ2n) is 1.95. The summed E-state index contributed by atoms with van der Waals surface area (Å²) in [4.78, 5) is 0. The first-order valence-corrected chi connectivity index (χ1v) is 4.49. The van der Waals surface area contributed by atoms with E-state index in [1.165, 1.54) is 0 Å². The van der Waals surface area contributed by atoms with Gasteiger partial charge in [0.25, 0.3) is 10.1 Å². The van der Waals surface area contributed by atoms with Crippen LogP contribution in [0.3, 0.4) is 0 Å². The number of hydrogen-bond donors (Lipinski definition) is 1. The van der Waals surface area contributed by atoms with Crippen LogP contribution in [0.25, 0.3) is 0 Å². The van der Waals surface area contributed by atoms with Crippen LogP contribution in [0.15, 0.2) is 0 Å². The molecule has 0 fully saturated rings. The largest absolute Gasteiger partial charge is 0.285 e. The molecule has 0 aliphatic rings. The van der Waals surface area contributed by atoms with E-state index in [0.717, 1.165) is 0 Å². The summed E-state index contributed by atoms with van der Waals surface area (Å²) in [5.41, 5.74) is 0. The quantitative estimate of drug-likeness (QED) is 0.683. The topological polar surface area (TPSA) is 54.4 Å². The lowest BCUT2D eigenvalue weighted by atomic mass is 10.3. The summed E-state index contributed by atoms with van der Waals surface area (Å²) in [6, 6.07) is 0. The van der Waals surface area contributed by atoms with Gasteiger partial charge in [0.05, 0.1) is 5.25 Å². The summed E-state index contributed by atoms with van der Waals surface area (Å²) < 4.78 is 29.1. The Kier molecular flexibility index (Phi) is 6.33. The standard InChI is InChI=1S/C5H12O3S.ClH/c1-3-5(4-2)9(6,7)8;/h5H,3-4H2,1-2H3,(H,6,7,8);1H. The molecule has 3 nitrogen and oxygen atoms in total. The molecule has 0 radical (unpaired) electrons. The molecule has 1 N–H and O–H groups in total. The maximum Gasteiger partial charge on any atom is 0.267 e. The molecule has 0 aromatic rings. The van der Waals surface area contributed by atoms with Crippen LogP contribution in [0.2, 0.25) is 0 Å². The SMILES string of the molecule is CCC(CC)S(=O)(=O)O.Cl. The molecule has 0 saturated carbocycles. The summed E-state index contributed by atoms with van der Waals surface area (Å²) in [5, 5.41) is -0.572. The maximum absolute atomic E-state index is 10.3. The zero-order chi connectivity index (χ0) is 7.49. The predicted octanol–water partition coefficient (Wildman–Crippen LogP) is 1.48. The molecule has 0 atom stereocenters. The van der Waals surface area contributed by atoms with E-state index in [-0.39, 0.29) is 12.4 Å². The molecule has 64 valence electrons. The van der Waals surface area contributed by atoms with Gasteiger partial charge in [0, 0.05) is 0 Å². The predicted molar refractivity (Wildman–Crippen MR) is 43.2 cm³/mol. The Hall–Kier alpha value is 0.200. The average Bonchev–Trinajstić information content (AvgIpc) is 1.65. The van der Waals surface area contributed by atoms with Crippen molar-refractivity contribution in [1.29, 1.82) is 0 Å². The Labute approximate surface area is 68.0 Å². The molecule has 0 aliphatic carbocycles. The second-order valence-corrected chi connectivity index (χ2v) is 3.65. The molecule has 0 spiro atoms. The van der Waals surface area contributed by atoms with Crippen molar-refractivity contribution in [2.45, 2.75) is 31.9 Å². The van der Waals surface area contributed by atoms with Crippen molar-refractivity contribution in [3.8, 4) is 0 Å². The van der Waals surface area contributed by atoms with Gasteiger partial charge in [-0.2, -0.15) is 8.42 Å². The van der Waals surface area contributed by atoms with Crippen LogP contribution >= 0.6 is 12.4 Å². The van der Waals surface area contributed by atoms with Gasteiger partial charge in [0.15, 0.2) is 0 Å². The Morgan fingerprint density at radius 2 is 1.60 bits per heavy atom. The number of halogens is 1. The summed E-state index contributed by atoms with van der Waals surface area (Å²) >= 11 is 0. The second kappa shape index (κ2) is 4.93. The highest BCUT2D eigenvalue weighted by Crippen LogP contribution is 2.06. The fourth-order valence-electron chi connectivity index (χ4n) is 0.710. The normalized spacial score (nSPS) is 11.2. The van der Waals surface area contributed by atoms with E-state index >= 15 is 0 Å². The fraction of sp³-hybridized carbons (Fsp3) is 1.00. The van der Waals surface area contributed by atoms with Crippen LogP contribution in [0, 0.1) is 0 Å². The molecular weight excluding hydrogens is 176 g/mol. The van der Waals surface area contributed by atoms with Gasteiger partial charge in [-0.1, -0.05) is 13.8 Å². The Morgan fingerprint density at radius 3 is 1.60 bits per heavy atom. The van der Waals surface area contributed by atoms with E-state index in [1.54, 1.807) is 13.8 Å². The van der Waals surface area contributed by atoms with Crippen LogP contribution in [0.1, 0.15) is 26.7 Å². The first kappa shape index (κ1) is 12.8. The van der Waals surface area contributed by atoms with Crippen molar-refractivity contribution in [3.63, 3.8) is 0 Å². The summed E-state index contributed by atoms with van der Waals surface area (Å²) in [6.07, 6.45) is 0.963. The molecule has 0 unspecified atom stereocenters. The first-order chi connectivity index (χ1) is 4.02. The third-order valence-electron chi connectivity index (χ3n) is 1.33. The highest BCUT2D eigenvalue weighted by Gasteiger charge is 2.17. The van der Waals surface area contributed by atoms with E-state index in [4.69, 9.17) is 4.55 Å². The van der Waals surface area contributed by atoms with Gasteiger partial charge in [-0.3, -0.25) is 4.55 Å². The molecule has 0 amide bonds. The van der Waals surface area contributed by atoms with Crippen molar-refractivity contribution in [2.24, 2.45) is 0 Å². The summed E-state index contributed by atoms with van der Waals surface area (Å²) in [6.45, 7) is 3.48. The molecule has 5 heteroatoms. The van der Waals surface area contributed by atoms with Gasteiger partial charge in [0.1, 0.15) is 0 Å². The van der Waals surface area contributed by atoms with E-state index in [0.29, 0.717) is 12.8 Å². The van der Waals surface area contributed by atoms with Gasteiger partial charge in [-0.25, -0.2) is 0 Å². The van der Waals surface area contributed by atoms with Crippen molar-refractivity contribution in [2.75, 3.05) is 0 Å². The van der Waals surface area contributed by atoms with Crippen molar-refractivity contribution in [1.82, 2.24) is 0 Å². The molecule has 0 bridgehead atoms. The maximum atomic E-state index is 10.3. The van der Waals surface area contributed by atoms with Gasteiger partial charge in [-0.15, -0.1) is 12.4 Å². The summed E-state index contributed by atoms with van der Waals surface area (Å²) in [7, 11) is -3.77. The minimum absolute atomic E-state index is 0. The van der Waals surface area contributed by atoms with E-state index in [2.05, 4.69) is 0 Å². The molecule has 0 heterocycles. The van der Waals surface area contributed by atoms with Gasteiger partial charge in [0.2, 0.25) is 0 Å². The van der Waals surface area contributed by atoms with E-state index < -0.39 is 15.4 Å². The molecule has 0 aromatic heterocycles. The van der Waals surface area contributed by atoms with Crippen molar-refractivity contribution < 1.29 is 13.0 Å². The van der Waals surface area contributed by atoms with Crippen molar-refractivity contribution in [3.05, 3.63) is 0 Å². The average molecular weight is 189 g/mol. The zero-order valence-corrected chi connectivity index (χ0v) is 7.70. The molecule has 0 aromatic carbocycles. The third-order valence-corrected chi connectivity index (χ3v) is 2.84. The first-order valence-electron chi connectivity index (χ1n) is 2.98. The Balaban J connectivity index is 0. The highest BCUT2D eigenvalue weighted by molar-refractivity contribution is 7.86. The fourth-order valence-corrected chi connectivity index (χ4v) is 1.55. The number of hydrogen-bond acceptors (Lipinski definition) is 2. The minimum Gasteiger partial charge on any atom is -0.285 e. The van der Waals surface area contributed by atoms with Crippen molar-refractivity contribution >= 4 is 22.5 Å². The van der Waals surface area contributed by atoms with Gasteiger partial charge in [-0.05, 0) is 12.8 Å². The molecule has 0 rings (SSSR count). The van der Waals surface area contributed by atoms with Gasteiger partial charge >= 0.3 is 0 Å². The Morgan fingerprint density at radius 1 is 1.30 bits per heavy atom. The van der Waals surface area contributed by atoms with Gasteiger partial charge < -0.3 is 0 Å². The van der Waals surface area contributed by atoms with Crippen LogP contribution in [0.5, 0.6) is 0 Å². The van der Waals surface area contributed by atoms with Crippen LogP contribution in [-0.4, -0.2) is 18.2 Å². The third kappa shape index (κ3) is 4.09. The number of rotatable bonds is 3. The minimum atomic E-state index is -3.77. The molecule has 0 aliphatic heterocycles. The highest BCUT2D eigenvalue weighted by atomic mass is 35.5. The van der Waals surface area contributed by atoms with Crippen LogP contribution in [-0.2, 0) is 10.1 Å². The van der Waals surface area contributed by atoms with E-state index in [1.807, 2.05) is 0 Å². The van der Waals surface area contributed by atoms with Crippen LogP contribution in [0.4, 0.5) is 0 Å². The zero-order valence-electron chi connectivity index (χ0n) is 6.07. The lowest BCUT2D eigenvalue weighted by molar-refractivity contribution is 0.462. The monoisotopic (exact) mass is 188 g/mol. The van der Waals surface area contributed by atoms with E-state index in [9.17, 15) is 8.42 Å². The molecule has 10 heavy (non-hydrogen) atoms. The molecule has 0 saturated heterocycles. The summed E-state index contributed by atoms with van der Waals surface area (Å²) in [5.74, 6) is 0. The Bertz CT molecular complexity index is 160. The van der Waals surface area contributed by atoms with Crippen LogP contribution < -0.4 is 0 Å². The lowest BCUT2D eigenvalue weighted by Gasteiger charge is -2.05.